The molecule has 0 N–H and O–H groups in total. The zero-order valence-corrected chi connectivity index (χ0v) is 14.7. The average Bonchev–Trinajstić information content (AvgIpc) is 2.92. The van der Waals surface area contributed by atoms with Gasteiger partial charge in [0.1, 0.15) is 17.1 Å². The predicted molar refractivity (Wildman–Crippen MR) is 94.7 cm³/mol. The Labute approximate surface area is 148 Å². The van der Waals surface area contributed by atoms with Crippen LogP contribution < -0.4 is 4.90 Å². The highest BCUT2D eigenvalue weighted by Gasteiger charge is 2.40. The fraction of sp³-hybridized carbons (Fsp3) is 0.526. The van der Waals surface area contributed by atoms with Crippen LogP contribution in [0.4, 0.5) is 5.69 Å². The van der Waals surface area contributed by atoms with Gasteiger partial charge < -0.3 is 18.8 Å². The summed E-state index contributed by atoms with van der Waals surface area (Å²) in [6.45, 7) is 8.25. The van der Waals surface area contributed by atoms with E-state index in [-0.39, 0.29) is 5.60 Å². The minimum absolute atomic E-state index is 0.313. The number of morpholine rings is 1. The first-order valence-electron chi connectivity index (χ1n) is 8.87. The molecule has 4 rings (SSSR count). The molecule has 0 aromatic carbocycles. The highest BCUT2D eigenvalue weighted by molar-refractivity contribution is 5.44. The predicted octanol–water partition coefficient (Wildman–Crippen LogP) is 2.09. The molecule has 6 heteroatoms. The second-order valence-electron chi connectivity index (χ2n) is 6.94. The van der Waals surface area contributed by atoms with Crippen molar-refractivity contribution < 1.29 is 13.9 Å². The molecule has 2 aromatic heterocycles. The van der Waals surface area contributed by atoms with E-state index >= 15 is 0 Å². The summed E-state index contributed by atoms with van der Waals surface area (Å²) >= 11 is 0. The maximum Gasteiger partial charge on any atom is 0.121 e. The molecule has 2 aliphatic rings. The van der Waals surface area contributed by atoms with E-state index in [2.05, 4.69) is 26.9 Å². The van der Waals surface area contributed by atoms with E-state index in [9.17, 15) is 0 Å². The topological polar surface area (TPSA) is 51.0 Å². The number of hydrogen-bond donors (Lipinski definition) is 0. The Hall–Kier alpha value is -1.89. The van der Waals surface area contributed by atoms with Crippen molar-refractivity contribution in [3.05, 3.63) is 48.2 Å². The van der Waals surface area contributed by atoms with Gasteiger partial charge in [0.05, 0.1) is 44.8 Å². The highest BCUT2D eigenvalue weighted by atomic mass is 16.5. The van der Waals surface area contributed by atoms with Crippen LogP contribution in [0.25, 0.3) is 0 Å². The summed E-state index contributed by atoms with van der Waals surface area (Å²) in [5, 5.41) is 0. The van der Waals surface area contributed by atoms with Gasteiger partial charge in [0.25, 0.3) is 0 Å². The van der Waals surface area contributed by atoms with Crippen molar-refractivity contribution in [2.75, 3.05) is 50.9 Å². The molecule has 134 valence electrons. The van der Waals surface area contributed by atoms with Crippen molar-refractivity contribution in [3.63, 3.8) is 0 Å². The highest BCUT2D eigenvalue weighted by Crippen LogP contribution is 2.26. The number of hydrogen-bond acceptors (Lipinski definition) is 6. The molecule has 0 aliphatic carbocycles. The Balaban J connectivity index is 1.48. The van der Waals surface area contributed by atoms with E-state index < -0.39 is 0 Å². The normalized spacial score (nSPS) is 25.2. The number of aromatic nitrogens is 1. The summed E-state index contributed by atoms with van der Waals surface area (Å²) in [6, 6.07) is 8.15. The van der Waals surface area contributed by atoms with Gasteiger partial charge in [-0.15, -0.1) is 0 Å². The van der Waals surface area contributed by atoms with Crippen LogP contribution in [0.5, 0.6) is 0 Å². The molecular formula is C19H25N3O3. The quantitative estimate of drug-likeness (QED) is 0.851. The third kappa shape index (κ3) is 3.86. The summed E-state index contributed by atoms with van der Waals surface area (Å²) in [5.41, 5.74) is 0.807. The second-order valence-corrected chi connectivity index (χ2v) is 6.94. The number of anilines is 1. The lowest BCUT2D eigenvalue weighted by Crippen LogP contribution is -2.58. The lowest BCUT2D eigenvalue weighted by molar-refractivity contribution is -0.134. The maximum absolute atomic E-state index is 6.25. The first kappa shape index (κ1) is 16.6. The van der Waals surface area contributed by atoms with Crippen LogP contribution in [-0.2, 0) is 16.0 Å². The van der Waals surface area contributed by atoms with Crippen LogP contribution in [0.15, 0.2) is 41.1 Å². The second kappa shape index (κ2) is 7.15. The van der Waals surface area contributed by atoms with Crippen molar-refractivity contribution in [2.24, 2.45) is 0 Å². The van der Waals surface area contributed by atoms with Gasteiger partial charge in [-0.25, -0.2) is 0 Å². The van der Waals surface area contributed by atoms with Crippen LogP contribution in [0.1, 0.15) is 11.5 Å². The van der Waals surface area contributed by atoms with Crippen molar-refractivity contribution >= 4 is 5.69 Å². The molecule has 1 spiro atoms. The molecule has 0 saturated carbocycles. The molecule has 0 amide bonds. The van der Waals surface area contributed by atoms with Gasteiger partial charge >= 0.3 is 0 Å². The lowest BCUT2D eigenvalue weighted by atomic mass is 10.0. The van der Waals surface area contributed by atoms with Crippen LogP contribution in [-0.4, -0.2) is 61.5 Å². The largest absolute Gasteiger partial charge is 0.465 e. The third-order valence-electron chi connectivity index (χ3n) is 4.86. The molecule has 2 saturated heterocycles. The SMILES string of the molecule is Cc1ccc(CN2CCO[C@]3(COCCN(c4cccnc4)C3)C2)o1. The van der Waals surface area contributed by atoms with E-state index in [4.69, 9.17) is 13.9 Å². The number of aryl methyl sites for hydroxylation is 1. The van der Waals surface area contributed by atoms with Crippen molar-refractivity contribution in [1.82, 2.24) is 9.88 Å². The minimum Gasteiger partial charge on any atom is -0.465 e. The number of pyridine rings is 1. The minimum atomic E-state index is -0.313. The van der Waals surface area contributed by atoms with E-state index in [0.717, 1.165) is 49.9 Å². The molecule has 2 aromatic rings. The molecule has 6 nitrogen and oxygen atoms in total. The summed E-state index contributed by atoms with van der Waals surface area (Å²) in [4.78, 5) is 8.97. The Morgan fingerprint density at radius 2 is 2.12 bits per heavy atom. The van der Waals surface area contributed by atoms with Crippen LogP contribution in [0.2, 0.25) is 0 Å². The molecule has 2 aliphatic heterocycles. The molecule has 2 fully saturated rings. The van der Waals surface area contributed by atoms with Gasteiger partial charge in [-0.2, -0.15) is 0 Å². The number of nitrogens with zero attached hydrogens (tertiary/aromatic N) is 3. The average molecular weight is 343 g/mol. The molecule has 4 heterocycles. The first-order chi connectivity index (χ1) is 12.2. The van der Waals surface area contributed by atoms with Crippen molar-refractivity contribution in [3.8, 4) is 0 Å². The summed E-state index contributed by atoms with van der Waals surface area (Å²) in [6.07, 6.45) is 3.71. The fourth-order valence-corrected chi connectivity index (χ4v) is 3.70. The Morgan fingerprint density at radius 3 is 2.92 bits per heavy atom. The molecule has 0 radical (unpaired) electrons. The molecule has 0 bridgehead atoms. The lowest BCUT2D eigenvalue weighted by Gasteiger charge is -2.43. The number of rotatable bonds is 3. The van der Waals surface area contributed by atoms with Gasteiger partial charge in [0, 0.05) is 25.8 Å². The molecule has 1 atom stereocenters. The Bertz CT molecular complexity index is 690. The smallest absolute Gasteiger partial charge is 0.121 e. The standard InChI is InChI=1S/C19H25N3O3/c1-16-4-5-18(25-16)12-21-7-10-24-19(13-21)14-22(8-9-23-15-19)17-3-2-6-20-11-17/h2-6,11H,7-10,12-15H2,1H3/t19-/m1/s1. The van der Waals surface area contributed by atoms with E-state index in [1.165, 1.54) is 0 Å². The number of furan rings is 1. The van der Waals surface area contributed by atoms with Gasteiger partial charge in [-0.1, -0.05) is 0 Å². The van der Waals surface area contributed by atoms with E-state index in [1.54, 1.807) is 6.20 Å². The first-order valence-corrected chi connectivity index (χ1v) is 8.87. The van der Waals surface area contributed by atoms with Crippen LogP contribution >= 0.6 is 0 Å². The van der Waals surface area contributed by atoms with E-state index in [0.29, 0.717) is 19.8 Å². The summed E-state index contributed by atoms with van der Waals surface area (Å²) in [7, 11) is 0. The van der Waals surface area contributed by atoms with Crippen LogP contribution in [0.3, 0.4) is 0 Å². The van der Waals surface area contributed by atoms with Crippen LogP contribution in [0, 0.1) is 6.92 Å². The van der Waals surface area contributed by atoms with Gasteiger partial charge in [0.15, 0.2) is 0 Å². The van der Waals surface area contributed by atoms with Gasteiger partial charge in [0.2, 0.25) is 0 Å². The van der Waals surface area contributed by atoms with Crippen molar-refractivity contribution in [1.29, 1.82) is 0 Å². The van der Waals surface area contributed by atoms with Gasteiger partial charge in [-0.3, -0.25) is 9.88 Å². The monoisotopic (exact) mass is 343 g/mol. The zero-order valence-electron chi connectivity index (χ0n) is 14.7. The summed E-state index contributed by atoms with van der Waals surface area (Å²) in [5.74, 6) is 1.96. The third-order valence-corrected chi connectivity index (χ3v) is 4.86. The Morgan fingerprint density at radius 1 is 1.16 bits per heavy atom. The van der Waals surface area contributed by atoms with E-state index in [1.807, 2.05) is 25.3 Å². The summed E-state index contributed by atoms with van der Waals surface area (Å²) < 4.78 is 17.9. The van der Waals surface area contributed by atoms with Crippen molar-refractivity contribution in [2.45, 2.75) is 19.1 Å². The Kier molecular flexibility index (Phi) is 4.74. The van der Waals surface area contributed by atoms with Gasteiger partial charge in [-0.05, 0) is 31.2 Å². The number of ether oxygens (including phenoxy) is 2. The molecule has 0 unspecified atom stereocenters. The maximum atomic E-state index is 6.25. The zero-order chi connectivity index (χ0) is 17.1. The molecular weight excluding hydrogens is 318 g/mol. The molecule has 25 heavy (non-hydrogen) atoms. The fourth-order valence-electron chi connectivity index (χ4n) is 3.70.